The maximum atomic E-state index is 13.3. The normalized spacial score (nSPS) is 12.2. The van der Waals surface area contributed by atoms with E-state index in [2.05, 4.69) is 5.32 Å². The van der Waals surface area contributed by atoms with Crippen LogP contribution in [0.1, 0.15) is 27.5 Å². The molecule has 0 fully saturated rings. The van der Waals surface area contributed by atoms with Crippen molar-refractivity contribution in [2.24, 2.45) is 0 Å². The SMILES string of the molecule is CNC(=O)c1cccc(C(c2ccc(F)cc2)N(C)C(=O)/C=C(\O)C(=O)O)c1. The summed E-state index contributed by atoms with van der Waals surface area (Å²) in [4.78, 5) is 36.4. The molecule has 0 aliphatic heterocycles. The fourth-order valence-electron chi connectivity index (χ4n) is 2.69. The van der Waals surface area contributed by atoms with Gasteiger partial charge in [0.2, 0.25) is 5.76 Å². The first-order valence-corrected chi connectivity index (χ1v) is 8.23. The average molecular weight is 386 g/mol. The standard InChI is InChI=1S/C20H19FN2O5/c1-22-19(26)14-5-3-4-13(10-14)18(12-6-8-15(21)9-7-12)23(2)17(25)11-16(24)20(27)28/h3-11,18,24H,1-2H3,(H,22,26)(H,27,28)/b16-11-. The summed E-state index contributed by atoms with van der Waals surface area (Å²) in [6.07, 6.45) is 0.585. The minimum absolute atomic E-state index is 0.322. The average Bonchev–Trinajstić information content (AvgIpc) is 2.69. The lowest BCUT2D eigenvalue weighted by atomic mass is 9.95. The third-order valence-corrected chi connectivity index (χ3v) is 4.09. The first-order chi connectivity index (χ1) is 13.2. The van der Waals surface area contributed by atoms with E-state index < -0.39 is 29.5 Å². The number of carbonyl (C=O) groups is 3. The Balaban J connectivity index is 2.53. The molecular formula is C20H19FN2O5. The minimum Gasteiger partial charge on any atom is -0.502 e. The van der Waals surface area contributed by atoms with Crippen LogP contribution in [0.4, 0.5) is 4.39 Å². The topological polar surface area (TPSA) is 107 Å². The van der Waals surface area contributed by atoms with Crippen molar-refractivity contribution in [2.45, 2.75) is 6.04 Å². The molecule has 2 amide bonds. The minimum atomic E-state index is -1.64. The molecule has 0 saturated carbocycles. The maximum Gasteiger partial charge on any atom is 0.371 e. The third kappa shape index (κ3) is 4.73. The van der Waals surface area contributed by atoms with Crippen LogP contribution in [0, 0.1) is 5.82 Å². The molecule has 0 spiro atoms. The largest absolute Gasteiger partial charge is 0.502 e. The molecule has 0 aliphatic rings. The number of hydrogen-bond donors (Lipinski definition) is 3. The number of nitrogens with zero attached hydrogens (tertiary/aromatic N) is 1. The first-order valence-electron chi connectivity index (χ1n) is 8.23. The highest BCUT2D eigenvalue weighted by Crippen LogP contribution is 2.29. The van der Waals surface area contributed by atoms with Crippen LogP contribution in [0.15, 0.2) is 60.4 Å². The van der Waals surface area contributed by atoms with E-state index in [1.165, 1.54) is 43.3 Å². The van der Waals surface area contributed by atoms with Crippen molar-refractivity contribution in [3.05, 3.63) is 82.9 Å². The molecule has 0 bridgehead atoms. The van der Waals surface area contributed by atoms with Gasteiger partial charge in [0.05, 0.1) is 12.1 Å². The zero-order valence-corrected chi connectivity index (χ0v) is 15.2. The Morgan fingerprint density at radius 2 is 1.71 bits per heavy atom. The van der Waals surface area contributed by atoms with Gasteiger partial charge in [0.15, 0.2) is 0 Å². The Hall–Kier alpha value is -3.68. The van der Waals surface area contributed by atoms with Crippen molar-refractivity contribution in [1.29, 1.82) is 0 Å². The number of benzene rings is 2. The van der Waals surface area contributed by atoms with Gasteiger partial charge in [0.1, 0.15) is 5.82 Å². The van der Waals surface area contributed by atoms with Gasteiger partial charge in [-0.15, -0.1) is 0 Å². The van der Waals surface area contributed by atoms with Gasteiger partial charge in [-0.3, -0.25) is 9.59 Å². The molecule has 3 N–H and O–H groups in total. The Morgan fingerprint density at radius 3 is 2.29 bits per heavy atom. The van der Waals surface area contributed by atoms with Crippen LogP contribution in [0.3, 0.4) is 0 Å². The van der Waals surface area contributed by atoms with Crippen molar-refractivity contribution in [3.63, 3.8) is 0 Å². The molecule has 1 atom stereocenters. The van der Waals surface area contributed by atoms with Crippen molar-refractivity contribution in [2.75, 3.05) is 14.1 Å². The summed E-state index contributed by atoms with van der Waals surface area (Å²) in [6, 6.07) is 11.2. The summed E-state index contributed by atoms with van der Waals surface area (Å²) in [5.41, 5.74) is 1.44. The Kier molecular flexibility index (Phi) is 6.49. The van der Waals surface area contributed by atoms with Crippen molar-refractivity contribution >= 4 is 17.8 Å². The van der Waals surface area contributed by atoms with E-state index in [1.807, 2.05) is 0 Å². The number of carbonyl (C=O) groups excluding carboxylic acids is 2. The lowest BCUT2D eigenvalue weighted by molar-refractivity contribution is -0.136. The fraction of sp³-hybridized carbons (Fsp3) is 0.150. The van der Waals surface area contributed by atoms with Gasteiger partial charge in [0, 0.05) is 19.7 Å². The van der Waals surface area contributed by atoms with Gasteiger partial charge in [-0.1, -0.05) is 24.3 Å². The third-order valence-electron chi connectivity index (χ3n) is 4.09. The monoisotopic (exact) mass is 386 g/mol. The van der Waals surface area contributed by atoms with Gasteiger partial charge >= 0.3 is 5.97 Å². The van der Waals surface area contributed by atoms with Crippen LogP contribution in [0.5, 0.6) is 0 Å². The second-order valence-electron chi connectivity index (χ2n) is 5.94. The number of hydrogen-bond acceptors (Lipinski definition) is 4. The van der Waals surface area contributed by atoms with Gasteiger partial charge in [-0.25, -0.2) is 9.18 Å². The number of amides is 2. The molecule has 28 heavy (non-hydrogen) atoms. The van der Waals surface area contributed by atoms with Crippen molar-refractivity contribution in [3.8, 4) is 0 Å². The number of nitrogens with one attached hydrogen (secondary N) is 1. The number of likely N-dealkylation sites (N-methyl/N-ethyl adjacent to an activating group) is 1. The Labute approximate surface area is 160 Å². The smallest absolute Gasteiger partial charge is 0.371 e. The Morgan fingerprint density at radius 1 is 1.07 bits per heavy atom. The fourth-order valence-corrected chi connectivity index (χ4v) is 2.69. The molecule has 146 valence electrons. The van der Waals surface area contributed by atoms with E-state index >= 15 is 0 Å². The predicted octanol–water partition coefficient (Wildman–Crippen LogP) is 2.26. The van der Waals surface area contributed by atoms with Crippen LogP contribution in [-0.4, -0.2) is 47.0 Å². The quantitative estimate of drug-likeness (QED) is 0.522. The number of carboxylic acids is 1. The molecule has 2 rings (SSSR count). The van der Waals surface area contributed by atoms with Gasteiger partial charge in [-0.2, -0.15) is 0 Å². The molecule has 7 nitrogen and oxygen atoms in total. The number of carboxylic acid groups (broad SMARTS) is 1. The van der Waals surface area contributed by atoms with Gasteiger partial charge in [-0.05, 0) is 35.4 Å². The lowest BCUT2D eigenvalue weighted by Gasteiger charge is -2.28. The van der Waals surface area contributed by atoms with Crippen LogP contribution in [0.25, 0.3) is 0 Å². The predicted molar refractivity (Wildman–Crippen MR) is 99.2 cm³/mol. The second kappa shape index (κ2) is 8.81. The summed E-state index contributed by atoms with van der Waals surface area (Å²) < 4.78 is 13.3. The van der Waals surface area contributed by atoms with Crippen LogP contribution < -0.4 is 5.32 Å². The highest BCUT2D eigenvalue weighted by Gasteiger charge is 2.24. The molecule has 1 unspecified atom stereocenters. The summed E-state index contributed by atoms with van der Waals surface area (Å²) in [7, 11) is 2.90. The van der Waals surface area contributed by atoms with E-state index in [0.717, 1.165) is 0 Å². The number of aliphatic hydroxyl groups excluding tert-OH is 1. The van der Waals surface area contributed by atoms with Crippen LogP contribution in [-0.2, 0) is 9.59 Å². The molecule has 0 radical (unpaired) electrons. The zero-order valence-electron chi connectivity index (χ0n) is 15.2. The van der Waals surface area contributed by atoms with Crippen molar-refractivity contribution in [1.82, 2.24) is 10.2 Å². The molecule has 0 aliphatic carbocycles. The van der Waals surface area contributed by atoms with Crippen LogP contribution in [0.2, 0.25) is 0 Å². The van der Waals surface area contributed by atoms with Crippen LogP contribution >= 0.6 is 0 Å². The molecular weight excluding hydrogens is 367 g/mol. The first kappa shape index (κ1) is 20.6. The van der Waals surface area contributed by atoms with Gasteiger partial charge in [0.25, 0.3) is 11.8 Å². The second-order valence-corrected chi connectivity index (χ2v) is 5.94. The van der Waals surface area contributed by atoms with Crippen molar-refractivity contribution < 1.29 is 29.0 Å². The number of aliphatic carboxylic acids is 1. The van der Waals surface area contributed by atoms with E-state index in [1.54, 1.807) is 24.3 Å². The highest BCUT2D eigenvalue weighted by atomic mass is 19.1. The van der Waals surface area contributed by atoms with E-state index in [4.69, 9.17) is 5.11 Å². The lowest BCUT2D eigenvalue weighted by Crippen LogP contribution is -2.31. The van der Waals surface area contributed by atoms with E-state index in [9.17, 15) is 23.9 Å². The molecule has 2 aromatic rings. The highest BCUT2D eigenvalue weighted by molar-refractivity contribution is 5.96. The summed E-state index contributed by atoms with van der Waals surface area (Å²) >= 11 is 0. The van der Waals surface area contributed by atoms with E-state index in [-0.39, 0.29) is 5.91 Å². The molecule has 0 heterocycles. The maximum absolute atomic E-state index is 13.3. The van der Waals surface area contributed by atoms with E-state index in [0.29, 0.717) is 22.8 Å². The number of aliphatic hydroxyl groups is 1. The molecule has 2 aromatic carbocycles. The number of rotatable bonds is 6. The Bertz CT molecular complexity index is 924. The van der Waals surface area contributed by atoms with Gasteiger partial charge < -0.3 is 20.4 Å². The molecule has 0 saturated heterocycles. The summed E-state index contributed by atoms with van der Waals surface area (Å²) in [6.45, 7) is 0. The molecule has 8 heteroatoms. The molecule has 0 aromatic heterocycles. The summed E-state index contributed by atoms with van der Waals surface area (Å²) in [5, 5.41) is 20.6. The zero-order chi connectivity index (χ0) is 20.8. The summed E-state index contributed by atoms with van der Waals surface area (Å²) in [5.74, 6) is -4.30. The number of halogens is 1.